The van der Waals surface area contributed by atoms with Gasteiger partial charge in [-0.15, -0.1) is 0 Å². The van der Waals surface area contributed by atoms with Gasteiger partial charge in [0.05, 0.1) is 6.10 Å². The van der Waals surface area contributed by atoms with Gasteiger partial charge in [-0.3, -0.25) is 0 Å². The Morgan fingerprint density at radius 1 is 1.42 bits per heavy atom. The summed E-state index contributed by atoms with van der Waals surface area (Å²) in [7, 11) is 0. The van der Waals surface area contributed by atoms with Crippen LogP contribution in [0, 0.1) is 11.3 Å². The van der Waals surface area contributed by atoms with Gasteiger partial charge in [0.25, 0.3) is 0 Å². The summed E-state index contributed by atoms with van der Waals surface area (Å²) in [5.41, 5.74) is 0.0537. The molecular weight excluding hydrogens is 152 g/mol. The lowest BCUT2D eigenvalue weighted by atomic mass is 9.69. The Hall–Kier alpha value is -0.0800. The van der Waals surface area contributed by atoms with Crippen molar-refractivity contribution < 1.29 is 10.2 Å². The van der Waals surface area contributed by atoms with Gasteiger partial charge in [0.2, 0.25) is 0 Å². The second kappa shape index (κ2) is 3.75. The molecule has 2 unspecified atom stereocenters. The van der Waals surface area contributed by atoms with Crippen molar-refractivity contribution in [3.05, 3.63) is 0 Å². The SMILES string of the molecule is CC1(C)CCCC(CCO)C1O. The van der Waals surface area contributed by atoms with E-state index < -0.39 is 0 Å². The minimum atomic E-state index is -0.224. The maximum atomic E-state index is 9.92. The second-order valence-electron chi connectivity index (χ2n) is 4.60. The molecule has 0 spiro atoms. The van der Waals surface area contributed by atoms with E-state index in [1.807, 2.05) is 0 Å². The van der Waals surface area contributed by atoms with E-state index in [9.17, 15) is 5.11 Å². The molecule has 2 atom stereocenters. The molecule has 1 aliphatic carbocycles. The van der Waals surface area contributed by atoms with Gasteiger partial charge in [-0.2, -0.15) is 0 Å². The molecule has 12 heavy (non-hydrogen) atoms. The van der Waals surface area contributed by atoms with Crippen molar-refractivity contribution in [3.8, 4) is 0 Å². The molecule has 1 fully saturated rings. The van der Waals surface area contributed by atoms with Crippen LogP contribution in [0.15, 0.2) is 0 Å². The molecule has 0 aromatic carbocycles. The summed E-state index contributed by atoms with van der Waals surface area (Å²) in [5.74, 6) is 0.318. The lowest BCUT2D eigenvalue weighted by Gasteiger charge is -2.40. The second-order valence-corrected chi connectivity index (χ2v) is 4.60. The molecule has 0 radical (unpaired) electrons. The highest BCUT2D eigenvalue weighted by molar-refractivity contribution is 4.87. The van der Waals surface area contributed by atoms with Crippen LogP contribution in [0.2, 0.25) is 0 Å². The van der Waals surface area contributed by atoms with Crippen LogP contribution >= 0.6 is 0 Å². The van der Waals surface area contributed by atoms with Crippen molar-refractivity contribution in [1.82, 2.24) is 0 Å². The topological polar surface area (TPSA) is 40.5 Å². The van der Waals surface area contributed by atoms with E-state index in [0.29, 0.717) is 5.92 Å². The molecule has 0 bridgehead atoms. The molecule has 1 saturated carbocycles. The molecule has 2 nitrogen and oxygen atoms in total. The summed E-state index contributed by atoms with van der Waals surface area (Å²) in [6.45, 7) is 4.43. The number of hydrogen-bond acceptors (Lipinski definition) is 2. The average molecular weight is 172 g/mol. The summed E-state index contributed by atoms with van der Waals surface area (Å²) in [6.07, 6.45) is 3.90. The highest BCUT2D eigenvalue weighted by Crippen LogP contribution is 2.39. The molecule has 0 amide bonds. The lowest BCUT2D eigenvalue weighted by Crippen LogP contribution is -2.40. The standard InChI is InChI=1S/C10H20O2/c1-10(2)6-3-4-8(5-7-11)9(10)12/h8-9,11-12H,3-7H2,1-2H3. The zero-order valence-electron chi connectivity index (χ0n) is 8.08. The van der Waals surface area contributed by atoms with Gasteiger partial charge >= 0.3 is 0 Å². The van der Waals surface area contributed by atoms with Crippen molar-refractivity contribution in [2.24, 2.45) is 11.3 Å². The summed E-state index contributed by atoms with van der Waals surface area (Å²) in [4.78, 5) is 0. The molecule has 72 valence electrons. The normalized spacial score (nSPS) is 35.0. The van der Waals surface area contributed by atoms with Crippen molar-refractivity contribution in [2.75, 3.05) is 6.61 Å². The van der Waals surface area contributed by atoms with Gasteiger partial charge in [0, 0.05) is 6.61 Å². The fourth-order valence-electron chi connectivity index (χ4n) is 2.23. The third kappa shape index (κ3) is 1.99. The van der Waals surface area contributed by atoms with Gasteiger partial charge in [0.15, 0.2) is 0 Å². The molecule has 0 saturated heterocycles. The number of hydrogen-bond donors (Lipinski definition) is 2. The number of rotatable bonds is 2. The van der Waals surface area contributed by atoms with E-state index in [1.54, 1.807) is 0 Å². The Morgan fingerprint density at radius 3 is 2.67 bits per heavy atom. The van der Waals surface area contributed by atoms with Crippen LogP contribution in [0.4, 0.5) is 0 Å². The predicted octanol–water partition coefficient (Wildman–Crippen LogP) is 1.56. The van der Waals surface area contributed by atoms with E-state index in [-0.39, 0.29) is 18.1 Å². The maximum absolute atomic E-state index is 9.92. The Kier molecular flexibility index (Phi) is 3.13. The number of aliphatic hydroxyl groups excluding tert-OH is 2. The van der Waals surface area contributed by atoms with Crippen molar-refractivity contribution in [1.29, 1.82) is 0 Å². The highest BCUT2D eigenvalue weighted by atomic mass is 16.3. The van der Waals surface area contributed by atoms with E-state index in [0.717, 1.165) is 19.3 Å². The minimum Gasteiger partial charge on any atom is -0.396 e. The number of aliphatic hydroxyl groups is 2. The van der Waals surface area contributed by atoms with Gasteiger partial charge in [-0.25, -0.2) is 0 Å². The maximum Gasteiger partial charge on any atom is 0.0620 e. The van der Waals surface area contributed by atoms with E-state index >= 15 is 0 Å². The van der Waals surface area contributed by atoms with Gasteiger partial charge in [0.1, 0.15) is 0 Å². The Morgan fingerprint density at radius 2 is 2.08 bits per heavy atom. The van der Waals surface area contributed by atoms with Crippen LogP contribution in [0.25, 0.3) is 0 Å². The Balaban J connectivity index is 2.54. The molecule has 2 heteroatoms. The van der Waals surface area contributed by atoms with Crippen LogP contribution < -0.4 is 0 Å². The van der Waals surface area contributed by atoms with Crippen LogP contribution in [0.1, 0.15) is 39.5 Å². The van der Waals surface area contributed by atoms with Gasteiger partial charge < -0.3 is 10.2 Å². The van der Waals surface area contributed by atoms with Crippen LogP contribution in [-0.2, 0) is 0 Å². The zero-order valence-corrected chi connectivity index (χ0v) is 8.08. The molecule has 2 N–H and O–H groups in total. The van der Waals surface area contributed by atoms with Crippen molar-refractivity contribution in [2.45, 2.75) is 45.6 Å². The monoisotopic (exact) mass is 172 g/mol. The molecule has 0 aromatic heterocycles. The van der Waals surface area contributed by atoms with E-state index in [1.165, 1.54) is 6.42 Å². The van der Waals surface area contributed by atoms with Crippen LogP contribution in [0.5, 0.6) is 0 Å². The smallest absolute Gasteiger partial charge is 0.0620 e. The molecule has 0 aromatic rings. The largest absolute Gasteiger partial charge is 0.396 e. The molecule has 1 rings (SSSR count). The van der Waals surface area contributed by atoms with Crippen LogP contribution in [-0.4, -0.2) is 22.9 Å². The summed E-state index contributed by atoms with van der Waals surface area (Å²) in [5, 5.41) is 18.7. The quantitative estimate of drug-likeness (QED) is 0.663. The predicted molar refractivity (Wildman–Crippen MR) is 48.8 cm³/mol. The van der Waals surface area contributed by atoms with Gasteiger partial charge in [-0.1, -0.05) is 20.3 Å². The first-order valence-electron chi connectivity index (χ1n) is 4.87. The Bertz CT molecular complexity index is 141. The third-order valence-corrected chi connectivity index (χ3v) is 3.14. The third-order valence-electron chi connectivity index (χ3n) is 3.14. The van der Waals surface area contributed by atoms with Crippen molar-refractivity contribution >= 4 is 0 Å². The fourth-order valence-corrected chi connectivity index (χ4v) is 2.23. The first-order chi connectivity index (χ1) is 5.58. The van der Waals surface area contributed by atoms with E-state index in [2.05, 4.69) is 13.8 Å². The van der Waals surface area contributed by atoms with Gasteiger partial charge in [-0.05, 0) is 30.6 Å². The van der Waals surface area contributed by atoms with Crippen LogP contribution in [0.3, 0.4) is 0 Å². The highest BCUT2D eigenvalue weighted by Gasteiger charge is 2.36. The average Bonchev–Trinajstić information content (AvgIpc) is 1.99. The zero-order chi connectivity index (χ0) is 9.19. The first-order valence-corrected chi connectivity index (χ1v) is 4.87. The van der Waals surface area contributed by atoms with E-state index in [4.69, 9.17) is 5.11 Å². The molecule has 0 aliphatic heterocycles. The summed E-state index contributed by atoms with van der Waals surface area (Å²) >= 11 is 0. The van der Waals surface area contributed by atoms with Crippen molar-refractivity contribution in [3.63, 3.8) is 0 Å². The Labute approximate surface area is 74.6 Å². The molecule has 1 aliphatic rings. The molecular formula is C10H20O2. The first kappa shape index (κ1) is 10.0. The lowest BCUT2D eigenvalue weighted by molar-refractivity contribution is -0.0391. The molecule has 0 heterocycles. The summed E-state index contributed by atoms with van der Waals surface area (Å²) < 4.78 is 0. The minimum absolute atomic E-state index is 0.0537. The fraction of sp³-hybridized carbons (Fsp3) is 1.00. The summed E-state index contributed by atoms with van der Waals surface area (Å²) in [6, 6.07) is 0.